The van der Waals surface area contributed by atoms with Crippen molar-refractivity contribution in [3.8, 4) is 11.5 Å². The van der Waals surface area contributed by atoms with Crippen molar-refractivity contribution in [2.45, 2.75) is 32.5 Å². The van der Waals surface area contributed by atoms with Crippen LogP contribution in [0.5, 0.6) is 11.5 Å². The highest BCUT2D eigenvalue weighted by Gasteiger charge is 2.23. The number of nitro groups is 1. The molecule has 2 N–H and O–H groups in total. The van der Waals surface area contributed by atoms with E-state index in [4.69, 9.17) is 9.47 Å². The fourth-order valence-electron chi connectivity index (χ4n) is 3.66. The predicted molar refractivity (Wildman–Crippen MR) is 121 cm³/mol. The molecule has 11 heteroatoms. The molecule has 1 aliphatic rings. The molecule has 0 amide bonds. The number of benzene rings is 1. The maximum Gasteiger partial charge on any atom is 0.306 e. The standard InChI is InChI=1S/C21H31N7O4/c1-4-22-21(23-6-8-27-15-18(12-24-27)28(29)30)25-17-5-7-26(14-17)13-16-9-19(31-2)11-20(10-16)32-3/h9-12,15,17H,4-8,13-14H2,1-3H3,(H2,22,23,25). The number of hydrogen-bond donors (Lipinski definition) is 2. The van der Waals surface area contributed by atoms with E-state index in [1.54, 1.807) is 14.2 Å². The molecule has 2 heterocycles. The van der Waals surface area contributed by atoms with Crippen LogP contribution in [0.1, 0.15) is 18.9 Å². The van der Waals surface area contributed by atoms with Crippen LogP contribution in [0.25, 0.3) is 0 Å². The molecule has 2 aromatic rings. The number of hydrogen-bond acceptors (Lipinski definition) is 7. The molecular weight excluding hydrogens is 414 g/mol. The summed E-state index contributed by atoms with van der Waals surface area (Å²) in [5, 5.41) is 21.5. The lowest BCUT2D eigenvalue weighted by Crippen LogP contribution is -2.44. The van der Waals surface area contributed by atoms with Crippen LogP contribution in [0.3, 0.4) is 0 Å². The lowest BCUT2D eigenvalue weighted by Gasteiger charge is -2.19. The van der Waals surface area contributed by atoms with Gasteiger partial charge in [-0.05, 0) is 31.0 Å². The maximum absolute atomic E-state index is 10.8. The highest BCUT2D eigenvalue weighted by atomic mass is 16.6. The van der Waals surface area contributed by atoms with E-state index in [0.717, 1.165) is 55.6 Å². The third kappa shape index (κ3) is 6.58. The fourth-order valence-corrected chi connectivity index (χ4v) is 3.66. The molecule has 1 fully saturated rings. The highest BCUT2D eigenvalue weighted by Crippen LogP contribution is 2.24. The molecule has 0 aliphatic carbocycles. The van der Waals surface area contributed by atoms with Crippen LogP contribution in [-0.4, -0.2) is 72.0 Å². The Kier molecular flexibility index (Phi) is 8.26. The molecule has 0 saturated carbocycles. The molecule has 3 rings (SSSR count). The van der Waals surface area contributed by atoms with Gasteiger partial charge < -0.3 is 20.1 Å². The van der Waals surface area contributed by atoms with Crippen LogP contribution in [0.15, 0.2) is 35.6 Å². The van der Waals surface area contributed by atoms with Gasteiger partial charge >= 0.3 is 5.69 Å². The average Bonchev–Trinajstić information content (AvgIpc) is 3.43. The van der Waals surface area contributed by atoms with E-state index in [1.807, 2.05) is 25.1 Å². The molecule has 1 unspecified atom stereocenters. The van der Waals surface area contributed by atoms with Gasteiger partial charge in [-0.2, -0.15) is 5.10 Å². The average molecular weight is 446 g/mol. The Morgan fingerprint density at radius 2 is 2.06 bits per heavy atom. The van der Waals surface area contributed by atoms with Gasteiger partial charge in [-0.3, -0.25) is 24.7 Å². The summed E-state index contributed by atoms with van der Waals surface area (Å²) < 4.78 is 12.3. The lowest BCUT2D eigenvalue weighted by molar-refractivity contribution is -0.385. The van der Waals surface area contributed by atoms with Gasteiger partial charge in [0.15, 0.2) is 5.96 Å². The molecule has 1 saturated heterocycles. The fraction of sp³-hybridized carbons (Fsp3) is 0.524. The second-order valence-electron chi connectivity index (χ2n) is 7.57. The van der Waals surface area contributed by atoms with E-state index in [0.29, 0.717) is 13.1 Å². The Bertz CT molecular complexity index is 908. The first-order valence-electron chi connectivity index (χ1n) is 10.7. The van der Waals surface area contributed by atoms with E-state index in [2.05, 4.69) is 25.6 Å². The number of aromatic nitrogens is 2. The van der Waals surface area contributed by atoms with Crippen molar-refractivity contribution < 1.29 is 14.4 Å². The Labute approximate surface area is 187 Å². The van der Waals surface area contributed by atoms with Crippen LogP contribution >= 0.6 is 0 Å². The molecule has 11 nitrogen and oxygen atoms in total. The first-order valence-corrected chi connectivity index (χ1v) is 10.7. The van der Waals surface area contributed by atoms with E-state index in [9.17, 15) is 10.1 Å². The first kappa shape index (κ1) is 23.3. The van der Waals surface area contributed by atoms with E-state index in [1.165, 1.54) is 17.1 Å². The van der Waals surface area contributed by atoms with Crippen molar-refractivity contribution in [2.75, 3.05) is 40.4 Å². The van der Waals surface area contributed by atoms with E-state index in [-0.39, 0.29) is 11.7 Å². The summed E-state index contributed by atoms with van der Waals surface area (Å²) in [5.74, 6) is 2.32. The van der Waals surface area contributed by atoms with E-state index >= 15 is 0 Å². The molecule has 32 heavy (non-hydrogen) atoms. The van der Waals surface area contributed by atoms with Crippen LogP contribution in [0, 0.1) is 10.1 Å². The van der Waals surface area contributed by atoms with Crippen molar-refractivity contribution in [3.63, 3.8) is 0 Å². The molecular formula is C21H31N7O4. The zero-order valence-electron chi connectivity index (χ0n) is 18.8. The minimum Gasteiger partial charge on any atom is -0.497 e. The highest BCUT2D eigenvalue weighted by molar-refractivity contribution is 5.80. The summed E-state index contributed by atoms with van der Waals surface area (Å²) in [6.07, 6.45) is 3.67. The summed E-state index contributed by atoms with van der Waals surface area (Å²) in [4.78, 5) is 17.3. The minimum atomic E-state index is -0.453. The molecule has 1 aliphatic heterocycles. The number of nitrogens with one attached hydrogen (secondary N) is 2. The first-order chi connectivity index (χ1) is 15.5. The van der Waals surface area contributed by atoms with Crippen LogP contribution in [-0.2, 0) is 13.1 Å². The normalized spacial score (nSPS) is 16.7. The third-order valence-corrected chi connectivity index (χ3v) is 5.20. The Morgan fingerprint density at radius 1 is 1.31 bits per heavy atom. The van der Waals surface area contributed by atoms with Crippen LogP contribution in [0.2, 0.25) is 0 Å². The molecule has 1 atom stereocenters. The van der Waals surface area contributed by atoms with Crippen molar-refractivity contribution in [1.29, 1.82) is 0 Å². The molecule has 0 radical (unpaired) electrons. The zero-order valence-corrected chi connectivity index (χ0v) is 18.8. The van der Waals surface area contributed by atoms with Gasteiger partial charge in [-0.25, -0.2) is 0 Å². The predicted octanol–water partition coefficient (Wildman–Crippen LogP) is 1.64. The number of likely N-dealkylation sites (tertiary alicyclic amines) is 1. The number of nitrogens with zero attached hydrogens (tertiary/aromatic N) is 5. The Hall–Kier alpha value is -3.34. The van der Waals surface area contributed by atoms with E-state index < -0.39 is 4.92 Å². The molecule has 1 aromatic carbocycles. The third-order valence-electron chi connectivity index (χ3n) is 5.20. The lowest BCUT2D eigenvalue weighted by atomic mass is 10.2. The smallest absolute Gasteiger partial charge is 0.306 e. The van der Waals surface area contributed by atoms with Crippen LogP contribution in [0.4, 0.5) is 5.69 Å². The van der Waals surface area contributed by atoms with Gasteiger partial charge in [0.25, 0.3) is 0 Å². The molecule has 174 valence electrons. The zero-order chi connectivity index (χ0) is 22.9. The molecule has 0 bridgehead atoms. The van der Waals surface area contributed by atoms with Gasteiger partial charge in [-0.15, -0.1) is 0 Å². The number of aliphatic imine (C=N–C) groups is 1. The molecule has 1 aromatic heterocycles. The monoisotopic (exact) mass is 445 g/mol. The van der Waals surface area contributed by atoms with Crippen molar-refractivity contribution in [3.05, 3.63) is 46.3 Å². The molecule has 0 spiro atoms. The van der Waals surface area contributed by atoms with Crippen molar-refractivity contribution in [1.82, 2.24) is 25.3 Å². The Balaban J connectivity index is 1.52. The maximum atomic E-state index is 10.8. The summed E-state index contributed by atoms with van der Waals surface area (Å²) >= 11 is 0. The van der Waals surface area contributed by atoms with Crippen molar-refractivity contribution >= 4 is 11.6 Å². The van der Waals surface area contributed by atoms with Gasteiger partial charge in [0.1, 0.15) is 23.9 Å². The topological polar surface area (TPSA) is 119 Å². The largest absolute Gasteiger partial charge is 0.497 e. The SMILES string of the molecule is CCNC(=NCCn1cc([N+](=O)[O-])cn1)NC1CCN(Cc2cc(OC)cc(OC)c2)C1. The van der Waals surface area contributed by atoms with Gasteiger partial charge in [0, 0.05) is 38.3 Å². The second-order valence-corrected chi connectivity index (χ2v) is 7.57. The summed E-state index contributed by atoms with van der Waals surface area (Å²) in [5.41, 5.74) is 1.13. The van der Waals surface area contributed by atoms with Gasteiger partial charge in [0.05, 0.1) is 32.2 Å². The number of methoxy groups -OCH3 is 2. The summed E-state index contributed by atoms with van der Waals surface area (Å²) in [7, 11) is 3.31. The van der Waals surface area contributed by atoms with Gasteiger partial charge in [0.2, 0.25) is 0 Å². The summed E-state index contributed by atoms with van der Waals surface area (Å²) in [6, 6.07) is 6.23. The summed E-state index contributed by atoms with van der Waals surface area (Å²) in [6.45, 7) is 6.40. The minimum absolute atomic E-state index is 0.0151. The number of guanidine groups is 1. The number of rotatable bonds is 10. The number of ether oxygens (including phenoxy) is 2. The quantitative estimate of drug-likeness (QED) is 0.245. The van der Waals surface area contributed by atoms with Crippen LogP contribution < -0.4 is 20.1 Å². The Morgan fingerprint density at radius 3 is 2.69 bits per heavy atom. The second kappa shape index (κ2) is 11.3. The van der Waals surface area contributed by atoms with Crippen molar-refractivity contribution in [2.24, 2.45) is 4.99 Å². The van der Waals surface area contributed by atoms with Gasteiger partial charge in [-0.1, -0.05) is 0 Å².